The van der Waals surface area contributed by atoms with E-state index < -0.39 is 0 Å². The second kappa shape index (κ2) is 7.18. The molecule has 27 heavy (non-hydrogen) atoms. The molecule has 132 valence electrons. The molecule has 0 spiro atoms. The number of aromatic amines is 1. The molecule has 2 N–H and O–H groups in total. The number of imidazole rings is 1. The van der Waals surface area contributed by atoms with E-state index >= 15 is 0 Å². The van der Waals surface area contributed by atoms with Gasteiger partial charge in [-0.15, -0.1) is 0 Å². The minimum absolute atomic E-state index is 0.508. The van der Waals surface area contributed by atoms with Gasteiger partial charge in [-0.25, -0.2) is 4.98 Å². The van der Waals surface area contributed by atoms with Gasteiger partial charge in [0.1, 0.15) is 6.07 Å². The average Bonchev–Trinajstić information content (AvgIpc) is 3.37. The van der Waals surface area contributed by atoms with Crippen molar-refractivity contribution < 1.29 is 0 Å². The zero-order chi connectivity index (χ0) is 18.6. The fourth-order valence-electron chi connectivity index (χ4n) is 3.08. The summed E-state index contributed by atoms with van der Waals surface area (Å²) in [7, 11) is 0. The quantitative estimate of drug-likeness (QED) is 0.556. The van der Waals surface area contributed by atoms with Gasteiger partial charge in [-0.2, -0.15) is 5.26 Å². The normalized spacial score (nSPS) is 11.1. The fourth-order valence-corrected chi connectivity index (χ4v) is 3.08. The largest absolute Gasteiger partial charge is 0.361 e. The molecular formula is C21H18N6. The average molecular weight is 354 g/mol. The maximum absolute atomic E-state index is 9.53. The van der Waals surface area contributed by atoms with Crippen LogP contribution in [0.5, 0.6) is 0 Å². The molecule has 0 bridgehead atoms. The van der Waals surface area contributed by atoms with Crippen LogP contribution in [0.3, 0.4) is 0 Å². The maximum Gasteiger partial charge on any atom is 0.103 e. The van der Waals surface area contributed by atoms with Crippen LogP contribution in [-0.4, -0.2) is 19.5 Å². The molecule has 0 saturated carbocycles. The summed E-state index contributed by atoms with van der Waals surface area (Å²) in [4.78, 5) is 11.5. The van der Waals surface area contributed by atoms with E-state index in [9.17, 15) is 5.26 Å². The van der Waals surface area contributed by atoms with Gasteiger partial charge in [0.25, 0.3) is 0 Å². The van der Waals surface area contributed by atoms with Crippen LogP contribution in [0.1, 0.15) is 16.7 Å². The zero-order valence-electron chi connectivity index (χ0n) is 14.8. The molecule has 0 aliphatic rings. The van der Waals surface area contributed by atoms with E-state index in [-0.39, 0.29) is 0 Å². The monoisotopic (exact) mass is 354 g/mol. The lowest BCUT2D eigenvalue weighted by molar-refractivity contribution is 0.823. The maximum atomic E-state index is 9.53. The number of benzene rings is 1. The SMILES string of the molecule is Cc1c(Nc2c(C#N)cncc2/C=C/Cn2ccnc2)ccc2[nH]ccc12. The van der Waals surface area contributed by atoms with Crippen LogP contribution in [0, 0.1) is 18.3 Å². The second-order valence-corrected chi connectivity index (χ2v) is 6.23. The molecule has 0 aliphatic heterocycles. The molecule has 1 aromatic carbocycles. The summed E-state index contributed by atoms with van der Waals surface area (Å²) in [6, 6.07) is 8.34. The Hall–Kier alpha value is -3.85. The third-order valence-corrected chi connectivity index (χ3v) is 4.53. The van der Waals surface area contributed by atoms with E-state index in [4.69, 9.17) is 0 Å². The summed E-state index contributed by atoms with van der Waals surface area (Å²) >= 11 is 0. The topological polar surface area (TPSA) is 82.3 Å². The van der Waals surface area contributed by atoms with Crippen molar-refractivity contribution in [1.82, 2.24) is 19.5 Å². The lowest BCUT2D eigenvalue weighted by Gasteiger charge is -2.14. The summed E-state index contributed by atoms with van der Waals surface area (Å²) in [5.74, 6) is 0. The Morgan fingerprint density at radius 1 is 1.26 bits per heavy atom. The number of H-pyrrole nitrogens is 1. The minimum atomic E-state index is 0.508. The second-order valence-electron chi connectivity index (χ2n) is 6.23. The van der Waals surface area contributed by atoms with E-state index in [0.29, 0.717) is 12.1 Å². The summed E-state index contributed by atoms with van der Waals surface area (Å²) in [5.41, 5.74) is 5.31. The molecule has 0 radical (unpaired) electrons. The summed E-state index contributed by atoms with van der Waals surface area (Å²) in [6.45, 7) is 2.77. The molecule has 0 fully saturated rings. The molecule has 6 nitrogen and oxygen atoms in total. The van der Waals surface area contributed by atoms with E-state index in [0.717, 1.165) is 33.4 Å². The predicted molar refractivity (Wildman–Crippen MR) is 107 cm³/mol. The van der Waals surface area contributed by atoms with Crippen LogP contribution in [0.25, 0.3) is 17.0 Å². The minimum Gasteiger partial charge on any atom is -0.361 e. The van der Waals surface area contributed by atoms with Gasteiger partial charge < -0.3 is 14.9 Å². The number of anilines is 2. The van der Waals surface area contributed by atoms with Gasteiger partial charge in [-0.3, -0.25) is 4.98 Å². The third-order valence-electron chi connectivity index (χ3n) is 4.53. The van der Waals surface area contributed by atoms with Crippen molar-refractivity contribution in [3.8, 4) is 6.07 Å². The van der Waals surface area contributed by atoms with Crippen LogP contribution in [0.4, 0.5) is 11.4 Å². The number of nitrogens with one attached hydrogen (secondary N) is 2. The van der Waals surface area contributed by atoms with Crippen molar-refractivity contribution in [3.05, 3.63) is 78.3 Å². The van der Waals surface area contributed by atoms with Crippen molar-refractivity contribution in [2.24, 2.45) is 0 Å². The van der Waals surface area contributed by atoms with Crippen LogP contribution in [-0.2, 0) is 6.54 Å². The smallest absolute Gasteiger partial charge is 0.103 e. The number of aryl methyl sites for hydroxylation is 1. The van der Waals surface area contributed by atoms with Crippen molar-refractivity contribution in [1.29, 1.82) is 5.26 Å². The molecule has 4 rings (SSSR count). The predicted octanol–water partition coefficient (Wildman–Crippen LogP) is 4.40. The van der Waals surface area contributed by atoms with Gasteiger partial charge in [0.05, 0.1) is 17.6 Å². The van der Waals surface area contributed by atoms with E-state index in [1.54, 1.807) is 24.9 Å². The number of pyridine rings is 1. The van der Waals surface area contributed by atoms with Gasteiger partial charge >= 0.3 is 0 Å². The van der Waals surface area contributed by atoms with Gasteiger partial charge in [0.15, 0.2) is 0 Å². The van der Waals surface area contributed by atoms with Crippen molar-refractivity contribution in [2.45, 2.75) is 13.5 Å². The molecule has 0 saturated heterocycles. The number of nitriles is 1. The Bertz CT molecular complexity index is 1150. The van der Waals surface area contributed by atoms with E-state index in [1.807, 2.05) is 41.2 Å². The van der Waals surface area contributed by atoms with Crippen LogP contribution in [0.2, 0.25) is 0 Å². The van der Waals surface area contributed by atoms with Gasteiger partial charge in [0.2, 0.25) is 0 Å². The molecule has 0 atom stereocenters. The number of hydrogen-bond acceptors (Lipinski definition) is 4. The van der Waals surface area contributed by atoms with E-state index in [2.05, 4.69) is 39.3 Å². The highest BCUT2D eigenvalue weighted by Crippen LogP contribution is 2.30. The highest BCUT2D eigenvalue weighted by atomic mass is 15.0. The Labute approximate surface area is 156 Å². The first-order valence-corrected chi connectivity index (χ1v) is 8.60. The summed E-state index contributed by atoms with van der Waals surface area (Å²) < 4.78 is 1.97. The number of aromatic nitrogens is 4. The molecular weight excluding hydrogens is 336 g/mol. The van der Waals surface area contributed by atoms with Crippen LogP contribution < -0.4 is 5.32 Å². The number of rotatable bonds is 5. The molecule has 3 aromatic heterocycles. The Morgan fingerprint density at radius 2 is 2.19 bits per heavy atom. The number of allylic oxidation sites excluding steroid dienone is 1. The standard InChI is InChI=1S/C21H18N6/c1-15-18-6-7-25-20(18)5-4-19(15)26-21-16(12-24-13-17(21)11-22)3-2-9-27-10-8-23-14-27/h2-8,10,12-14,25H,9H2,1H3,(H,24,26)/b3-2+. The summed E-state index contributed by atoms with van der Waals surface area (Å²) in [6.07, 6.45) is 14.7. The first-order chi connectivity index (χ1) is 13.3. The molecule has 0 unspecified atom stereocenters. The number of nitrogens with zero attached hydrogens (tertiary/aromatic N) is 4. The van der Waals surface area contributed by atoms with Gasteiger partial charge in [-0.1, -0.05) is 12.2 Å². The number of hydrogen-bond donors (Lipinski definition) is 2. The third kappa shape index (κ3) is 3.31. The van der Waals surface area contributed by atoms with Crippen molar-refractivity contribution >= 4 is 28.4 Å². The van der Waals surface area contributed by atoms with Crippen LogP contribution in [0.15, 0.2) is 61.6 Å². The Balaban J connectivity index is 1.69. The van der Waals surface area contributed by atoms with Crippen molar-refractivity contribution in [2.75, 3.05) is 5.32 Å². The molecule has 4 aromatic rings. The highest BCUT2D eigenvalue weighted by molar-refractivity contribution is 5.89. The Morgan fingerprint density at radius 3 is 3.00 bits per heavy atom. The molecule has 0 aliphatic carbocycles. The van der Waals surface area contributed by atoms with Gasteiger partial charge in [-0.05, 0) is 30.7 Å². The summed E-state index contributed by atoms with van der Waals surface area (Å²) in [5, 5.41) is 14.1. The van der Waals surface area contributed by atoms with Gasteiger partial charge in [0, 0.05) is 59.7 Å². The Kier molecular flexibility index (Phi) is 4.42. The lowest BCUT2D eigenvalue weighted by Crippen LogP contribution is -2.00. The van der Waals surface area contributed by atoms with Crippen molar-refractivity contribution in [3.63, 3.8) is 0 Å². The zero-order valence-corrected chi connectivity index (χ0v) is 14.8. The van der Waals surface area contributed by atoms with E-state index in [1.165, 1.54) is 0 Å². The first-order valence-electron chi connectivity index (χ1n) is 8.60. The molecule has 0 amide bonds. The lowest BCUT2D eigenvalue weighted by atomic mass is 10.1. The molecule has 6 heteroatoms. The fraction of sp³-hybridized carbons (Fsp3) is 0.0952. The van der Waals surface area contributed by atoms with Crippen LogP contribution >= 0.6 is 0 Å². The highest BCUT2D eigenvalue weighted by Gasteiger charge is 2.11. The number of fused-ring (bicyclic) bond motifs is 1. The molecule has 3 heterocycles. The first kappa shape index (κ1) is 16.6.